The van der Waals surface area contributed by atoms with Crippen LogP contribution < -0.4 is 5.73 Å². The van der Waals surface area contributed by atoms with Gasteiger partial charge >= 0.3 is 0 Å². The number of aromatic hydroxyl groups is 1. The molecule has 0 saturated heterocycles. The number of rotatable bonds is 3. The predicted octanol–water partition coefficient (Wildman–Crippen LogP) is 2.38. The number of aliphatic hydroxyl groups is 2. The third kappa shape index (κ3) is 3.02. The summed E-state index contributed by atoms with van der Waals surface area (Å²) in [6.07, 6.45) is 1.56. The summed E-state index contributed by atoms with van der Waals surface area (Å²) in [5, 5.41) is 43.9. The van der Waals surface area contributed by atoms with E-state index in [2.05, 4.69) is 5.16 Å². The van der Waals surface area contributed by atoms with Crippen molar-refractivity contribution in [2.45, 2.75) is 19.3 Å². The molecular weight excluding hydrogens is 444 g/mol. The van der Waals surface area contributed by atoms with Crippen LogP contribution >= 0.6 is 0 Å². The number of phenols is 1. The summed E-state index contributed by atoms with van der Waals surface area (Å²) < 4.78 is 5.67. The molecular formula is C24H20N2O8. The van der Waals surface area contributed by atoms with Crippen LogP contribution in [0.25, 0.3) is 17.1 Å². The highest BCUT2D eigenvalue weighted by molar-refractivity contribution is 6.21. The maximum atomic E-state index is 13.4. The van der Waals surface area contributed by atoms with E-state index in [1.165, 1.54) is 6.07 Å². The van der Waals surface area contributed by atoms with E-state index < -0.39 is 52.3 Å². The summed E-state index contributed by atoms with van der Waals surface area (Å²) in [5.74, 6) is -5.12. The first-order valence-corrected chi connectivity index (χ1v) is 10.6. The molecule has 10 heteroatoms. The quantitative estimate of drug-likeness (QED) is 0.198. The van der Waals surface area contributed by atoms with Crippen LogP contribution in [0.3, 0.4) is 0 Å². The van der Waals surface area contributed by atoms with Crippen LogP contribution in [0.5, 0.6) is 5.75 Å². The number of phenolic OH excluding ortho intramolecular Hbond substituents is 1. The average Bonchev–Trinajstić information content (AvgIpc) is 3.21. The Bertz CT molecular complexity index is 1360. The van der Waals surface area contributed by atoms with E-state index in [0.29, 0.717) is 29.1 Å². The van der Waals surface area contributed by atoms with Crippen molar-refractivity contribution >= 4 is 29.4 Å². The van der Waals surface area contributed by atoms with Gasteiger partial charge in [-0.3, -0.25) is 14.4 Å². The highest BCUT2D eigenvalue weighted by Gasteiger charge is 2.51. The van der Waals surface area contributed by atoms with Crippen LogP contribution in [0.15, 0.2) is 50.7 Å². The number of primary amides is 1. The third-order valence-corrected chi connectivity index (χ3v) is 6.85. The van der Waals surface area contributed by atoms with E-state index >= 15 is 0 Å². The Morgan fingerprint density at radius 1 is 1.12 bits per heavy atom. The molecule has 3 atom stereocenters. The Morgan fingerprint density at radius 2 is 1.88 bits per heavy atom. The fourth-order valence-electron chi connectivity index (χ4n) is 5.50. The maximum absolute atomic E-state index is 13.4. The SMILES string of the molecule is NC(=O)C1=C(O)C2C(=O)C3=C(O)c4c(O)ccc(-c5ccc(/C=N/O)o5)c4CC3CC2CC1=O. The second-order valence-electron chi connectivity index (χ2n) is 8.69. The van der Waals surface area contributed by atoms with Crippen molar-refractivity contribution in [2.75, 3.05) is 0 Å². The fourth-order valence-corrected chi connectivity index (χ4v) is 5.50. The van der Waals surface area contributed by atoms with Crippen LogP contribution in [0.2, 0.25) is 0 Å². The minimum Gasteiger partial charge on any atom is -0.511 e. The minimum atomic E-state index is -1.16. The standard InChI is InChI=1S/C24H20N2O8/c25-24(32)20-15(28)7-10-5-9-6-13-12(16-4-1-11(34-16)8-26-33)2-3-14(27)19(13)22(30)17(9)21(29)18(10)23(20)31/h1-4,8-10,18,27,30-31,33H,5-7H2,(H2,25,32)/b26-8+. The molecule has 1 amide bonds. The Balaban J connectivity index is 1.65. The summed E-state index contributed by atoms with van der Waals surface area (Å²) in [5.41, 5.74) is 5.91. The molecule has 3 unspecified atom stereocenters. The minimum absolute atomic E-state index is 0.0402. The Morgan fingerprint density at radius 3 is 2.59 bits per heavy atom. The monoisotopic (exact) mass is 464 g/mol. The molecule has 2 aromatic rings. The van der Waals surface area contributed by atoms with Crippen molar-refractivity contribution in [1.82, 2.24) is 0 Å². The van der Waals surface area contributed by atoms with Gasteiger partial charge in [-0.15, -0.1) is 0 Å². The molecule has 1 aromatic heterocycles. The van der Waals surface area contributed by atoms with Gasteiger partial charge < -0.3 is 30.7 Å². The zero-order valence-electron chi connectivity index (χ0n) is 17.7. The van der Waals surface area contributed by atoms with E-state index in [1.807, 2.05) is 0 Å². The molecule has 1 heterocycles. The first kappa shape index (κ1) is 21.5. The average molecular weight is 464 g/mol. The lowest BCUT2D eigenvalue weighted by Crippen LogP contribution is -2.44. The number of hydrogen-bond acceptors (Lipinski definition) is 9. The predicted molar refractivity (Wildman–Crippen MR) is 117 cm³/mol. The Hall–Kier alpha value is -4.34. The molecule has 0 spiro atoms. The number of furan rings is 1. The van der Waals surface area contributed by atoms with Gasteiger partial charge in [0.2, 0.25) is 0 Å². The van der Waals surface area contributed by atoms with Crippen LogP contribution in [0.4, 0.5) is 0 Å². The number of aliphatic hydroxyl groups excluding tert-OH is 2. The van der Waals surface area contributed by atoms with E-state index in [9.17, 15) is 29.7 Å². The van der Waals surface area contributed by atoms with Crippen molar-refractivity contribution in [1.29, 1.82) is 0 Å². The molecule has 0 radical (unpaired) electrons. The second-order valence-corrected chi connectivity index (χ2v) is 8.69. The number of carbonyl (C=O) groups excluding carboxylic acids is 3. The number of amides is 1. The summed E-state index contributed by atoms with van der Waals surface area (Å²) >= 11 is 0. The van der Waals surface area contributed by atoms with Gasteiger partial charge in [-0.1, -0.05) is 5.16 Å². The van der Waals surface area contributed by atoms with Crippen molar-refractivity contribution in [2.24, 2.45) is 28.6 Å². The molecule has 174 valence electrons. The van der Waals surface area contributed by atoms with Crippen molar-refractivity contribution in [3.05, 3.63) is 58.1 Å². The largest absolute Gasteiger partial charge is 0.511 e. The van der Waals surface area contributed by atoms with E-state index in [-0.39, 0.29) is 29.7 Å². The zero-order chi connectivity index (χ0) is 24.3. The molecule has 5 rings (SSSR count). The lowest BCUT2D eigenvalue weighted by Gasteiger charge is -2.41. The normalized spacial score (nSPS) is 24.3. The Kier molecular flexibility index (Phi) is 4.82. The van der Waals surface area contributed by atoms with Crippen molar-refractivity contribution in [3.63, 3.8) is 0 Å². The zero-order valence-corrected chi connectivity index (χ0v) is 17.7. The summed E-state index contributed by atoms with van der Waals surface area (Å²) in [7, 11) is 0. The molecule has 1 fully saturated rings. The topological polar surface area (TPSA) is 184 Å². The van der Waals surface area contributed by atoms with Gasteiger partial charge in [-0.25, -0.2) is 0 Å². The number of hydrogen-bond donors (Lipinski definition) is 5. The van der Waals surface area contributed by atoms with E-state index in [0.717, 1.165) is 6.21 Å². The number of ketones is 2. The number of carbonyl (C=O) groups is 3. The van der Waals surface area contributed by atoms with Gasteiger partial charge in [0.15, 0.2) is 11.6 Å². The number of Topliss-reactive ketones (excluding diaryl/α,β-unsaturated/α-hetero) is 2. The summed E-state index contributed by atoms with van der Waals surface area (Å²) in [6, 6.07) is 6.23. The molecule has 10 nitrogen and oxygen atoms in total. The van der Waals surface area contributed by atoms with Gasteiger partial charge in [0, 0.05) is 17.6 Å². The van der Waals surface area contributed by atoms with Crippen LogP contribution in [0.1, 0.15) is 29.7 Å². The molecule has 3 aliphatic rings. The lowest BCUT2D eigenvalue weighted by molar-refractivity contribution is -0.127. The molecule has 6 N–H and O–H groups in total. The van der Waals surface area contributed by atoms with Gasteiger partial charge in [-0.2, -0.15) is 0 Å². The van der Waals surface area contributed by atoms with E-state index in [4.69, 9.17) is 15.4 Å². The lowest BCUT2D eigenvalue weighted by atomic mass is 9.61. The molecule has 1 saturated carbocycles. The van der Waals surface area contributed by atoms with Gasteiger partial charge in [-0.05, 0) is 54.5 Å². The summed E-state index contributed by atoms with van der Waals surface area (Å²) in [4.78, 5) is 37.5. The second kappa shape index (κ2) is 7.62. The van der Waals surface area contributed by atoms with E-state index in [1.54, 1.807) is 18.2 Å². The number of nitrogens with two attached hydrogens (primary N) is 1. The number of oxime groups is 1. The maximum Gasteiger partial charge on any atom is 0.255 e. The van der Waals surface area contributed by atoms with Crippen molar-refractivity contribution < 1.29 is 39.3 Å². The fraction of sp³-hybridized carbons (Fsp3) is 0.250. The first-order valence-electron chi connectivity index (χ1n) is 10.6. The van der Waals surface area contributed by atoms with Crippen LogP contribution in [-0.2, 0) is 20.8 Å². The van der Waals surface area contributed by atoms with Crippen LogP contribution in [-0.4, -0.2) is 44.2 Å². The highest BCUT2D eigenvalue weighted by atomic mass is 16.4. The smallest absolute Gasteiger partial charge is 0.255 e. The molecule has 3 aliphatic carbocycles. The number of fused-ring (bicyclic) bond motifs is 3. The number of benzene rings is 1. The molecule has 1 aromatic carbocycles. The van der Waals surface area contributed by atoms with Gasteiger partial charge in [0.25, 0.3) is 5.91 Å². The summed E-state index contributed by atoms with van der Waals surface area (Å²) in [6.45, 7) is 0. The van der Waals surface area contributed by atoms with Crippen molar-refractivity contribution in [3.8, 4) is 17.1 Å². The molecule has 0 aliphatic heterocycles. The number of allylic oxidation sites excluding steroid dienone is 2. The first-order chi connectivity index (χ1) is 16.2. The van der Waals surface area contributed by atoms with Gasteiger partial charge in [0.1, 0.15) is 40.6 Å². The number of nitrogens with zero attached hydrogens (tertiary/aromatic N) is 1. The highest BCUT2D eigenvalue weighted by Crippen LogP contribution is 2.51. The third-order valence-electron chi connectivity index (χ3n) is 6.85. The molecule has 0 bridgehead atoms. The Labute approximate surface area is 192 Å². The molecule has 34 heavy (non-hydrogen) atoms. The van der Waals surface area contributed by atoms with Crippen LogP contribution in [0, 0.1) is 17.8 Å². The van der Waals surface area contributed by atoms with Gasteiger partial charge in [0.05, 0.1) is 11.5 Å².